The summed E-state index contributed by atoms with van der Waals surface area (Å²) >= 11 is 0. The smallest absolute Gasteiger partial charge is 0.305 e. The molecule has 3 aliphatic rings. The van der Waals surface area contributed by atoms with Gasteiger partial charge in [0.1, 0.15) is 0 Å². The van der Waals surface area contributed by atoms with Crippen molar-refractivity contribution in [3.8, 4) is 0 Å². The highest BCUT2D eigenvalue weighted by Crippen LogP contribution is 2.51. The minimum absolute atomic E-state index is 0.0758. The van der Waals surface area contributed by atoms with Gasteiger partial charge >= 0.3 is 5.97 Å². The van der Waals surface area contributed by atoms with Crippen molar-refractivity contribution < 1.29 is 19.5 Å². The van der Waals surface area contributed by atoms with E-state index in [4.69, 9.17) is 0 Å². The summed E-state index contributed by atoms with van der Waals surface area (Å²) in [5.41, 5.74) is -1.26. The number of nitrogens with zero attached hydrogens (tertiary/aromatic N) is 1. The van der Waals surface area contributed by atoms with Crippen molar-refractivity contribution in [2.45, 2.75) is 76.2 Å². The van der Waals surface area contributed by atoms with Gasteiger partial charge in [-0.05, 0) is 25.7 Å². The highest BCUT2D eigenvalue weighted by Gasteiger charge is 2.58. The molecular formula is C16H23NO4. The first kappa shape index (κ1) is 14.5. The number of likely N-dealkylation sites (tertiary alicyclic amines) is 1. The van der Waals surface area contributed by atoms with E-state index in [1.165, 1.54) is 4.90 Å². The fourth-order valence-electron chi connectivity index (χ4n) is 4.69. The lowest BCUT2D eigenvalue weighted by Crippen LogP contribution is -2.55. The lowest BCUT2D eigenvalue weighted by Gasteiger charge is -2.43. The van der Waals surface area contributed by atoms with Crippen LogP contribution in [0.5, 0.6) is 0 Å². The first-order valence-corrected chi connectivity index (χ1v) is 8.09. The molecule has 0 unspecified atom stereocenters. The van der Waals surface area contributed by atoms with E-state index in [0.717, 1.165) is 44.9 Å². The van der Waals surface area contributed by atoms with Crippen molar-refractivity contribution >= 4 is 17.8 Å². The number of imide groups is 1. The van der Waals surface area contributed by atoms with E-state index in [1.807, 2.05) is 0 Å². The number of aliphatic carboxylic acids is 1. The molecule has 0 bridgehead atoms. The van der Waals surface area contributed by atoms with Gasteiger partial charge in [0.25, 0.3) is 0 Å². The maximum atomic E-state index is 12.9. The lowest BCUT2D eigenvalue weighted by molar-refractivity contribution is -0.154. The van der Waals surface area contributed by atoms with Gasteiger partial charge in [-0.2, -0.15) is 0 Å². The van der Waals surface area contributed by atoms with Crippen LogP contribution in [0.25, 0.3) is 0 Å². The second kappa shape index (κ2) is 5.11. The molecule has 1 heterocycles. The normalized spacial score (nSPS) is 27.5. The minimum atomic E-state index is -0.912. The van der Waals surface area contributed by atoms with Gasteiger partial charge in [-0.25, -0.2) is 0 Å². The van der Waals surface area contributed by atoms with E-state index in [1.54, 1.807) is 0 Å². The van der Waals surface area contributed by atoms with E-state index in [-0.39, 0.29) is 18.2 Å². The Morgan fingerprint density at radius 1 is 1.00 bits per heavy atom. The third-order valence-electron chi connectivity index (χ3n) is 5.70. The molecule has 0 atom stereocenters. The monoisotopic (exact) mass is 293 g/mol. The van der Waals surface area contributed by atoms with Crippen LogP contribution in [0.2, 0.25) is 0 Å². The van der Waals surface area contributed by atoms with Crippen LogP contribution in [-0.4, -0.2) is 33.3 Å². The Bertz CT molecular complexity index is 473. The van der Waals surface area contributed by atoms with Crippen molar-refractivity contribution in [2.75, 3.05) is 0 Å². The molecule has 2 saturated carbocycles. The zero-order valence-corrected chi connectivity index (χ0v) is 12.4. The van der Waals surface area contributed by atoms with E-state index >= 15 is 0 Å². The van der Waals surface area contributed by atoms with Gasteiger partial charge in [-0.15, -0.1) is 0 Å². The molecule has 5 heteroatoms. The summed E-state index contributed by atoms with van der Waals surface area (Å²) in [6.07, 6.45) is 7.93. The van der Waals surface area contributed by atoms with Crippen molar-refractivity contribution in [2.24, 2.45) is 5.41 Å². The zero-order valence-electron chi connectivity index (χ0n) is 12.4. The number of carboxylic acid groups (broad SMARTS) is 1. The molecule has 5 nitrogen and oxygen atoms in total. The molecule has 3 fully saturated rings. The van der Waals surface area contributed by atoms with Crippen LogP contribution < -0.4 is 0 Å². The highest BCUT2D eigenvalue weighted by atomic mass is 16.4. The van der Waals surface area contributed by atoms with E-state index in [2.05, 4.69) is 0 Å². The van der Waals surface area contributed by atoms with Crippen LogP contribution in [0.4, 0.5) is 0 Å². The Kier molecular flexibility index (Phi) is 3.54. The summed E-state index contributed by atoms with van der Waals surface area (Å²) in [5.74, 6) is -1.12. The lowest BCUT2D eigenvalue weighted by atomic mass is 9.77. The fourth-order valence-corrected chi connectivity index (χ4v) is 4.69. The second-order valence-corrected chi connectivity index (χ2v) is 7.05. The van der Waals surface area contributed by atoms with Gasteiger partial charge in [-0.1, -0.05) is 32.1 Å². The first-order chi connectivity index (χ1) is 9.99. The molecule has 1 saturated heterocycles. The molecular weight excluding hydrogens is 270 g/mol. The number of carboxylic acids is 1. The average molecular weight is 293 g/mol. The van der Waals surface area contributed by atoms with E-state index < -0.39 is 16.9 Å². The van der Waals surface area contributed by atoms with E-state index in [9.17, 15) is 19.5 Å². The number of amides is 2. The molecule has 0 aromatic carbocycles. The SMILES string of the molecule is O=C(O)CC1(N2C(=O)CC3(CCCC3)C2=O)CCCCC1. The third kappa shape index (κ3) is 2.27. The molecule has 0 aromatic rings. The van der Waals surface area contributed by atoms with Gasteiger partial charge in [0.05, 0.1) is 17.4 Å². The van der Waals surface area contributed by atoms with Crippen LogP contribution in [0.3, 0.4) is 0 Å². The molecule has 1 spiro atoms. The standard InChI is InChI=1S/C16H23NO4/c18-12-10-15(6-4-5-7-15)14(21)17(12)16(11-13(19)20)8-2-1-3-9-16/h1-11H2,(H,19,20). The summed E-state index contributed by atoms with van der Waals surface area (Å²) in [6, 6.07) is 0. The second-order valence-electron chi connectivity index (χ2n) is 7.05. The Morgan fingerprint density at radius 3 is 2.14 bits per heavy atom. The maximum Gasteiger partial charge on any atom is 0.305 e. The van der Waals surface area contributed by atoms with Gasteiger partial charge in [0.2, 0.25) is 11.8 Å². The number of hydrogen-bond acceptors (Lipinski definition) is 3. The van der Waals surface area contributed by atoms with Crippen molar-refractivity contribution in [1.29, 1.82) is 0 Å². The Hall–Kier alpha value is -1.39. The summed E-state index contributed by atoms with van der Waals surface area (Å²) in [5, 5.41) is 9.27. The number of carbonyl (C=O) groups is 3. The summed E-state index contributed by atoms with van der Waals surface area (Å²) in [4.78, 5) is 38.2. The number of carbonyl (C=O) groups excluding carboxylic acids is 2. The molecule has 0 aromatic heterocycles. The molecule has 0 radical (unpaired) electrons. The Morgan fingerprint density at radius 2 is 1.57 bits per heavy atom. The largest absolute Gasteiger partial charge is 0.481 e. The topological polar surface area (TPSA) is 74.7 Å². The highest BCUT2D eigenvalue weighted by molar-refractivity contribution is 6.07. The Labute approximate surface area is 124 Å². The van der Waals surface area contributed by atoms with Crippen LogP contribution in [0.15, 0.2) is 0 Å². The van der Waals surface area contributed by atoms with Crippen LogP contribution in [0, 0.1) is 5.41 Å². The molecule has 116 valence electrons. The van der Waals surface area contributed by atoms with Gasteiger partial charge in [0.15, 0.2) is 0 Å². The van der Waals surface area contributed by atoms with Gasteiger partial charge in [-0.3, -0.25) is 19.3 Å². The summed E-state index contributed by atoms with van der Waals surface area (Å²) in [6.45, 7) is 0. The van der Waals surface area contributed by atoms with Crippen molar-refractivity contribution in [3.63, 3.8) is 0 Å². The van der Waals surface area contributed by atoms with Crippen LogP contribution in [-0.2, 0) is 14.4 Å². The quantitative estimate of drug-likeness (QED) is 0.811. The van der Waals surface area contributed by atoms with Gasteiger partial charge < -0.3 is 5.11 Å². The predicted octanol–water partition coefficient (Wildman–Crippen LogP) is 2.48. The first-order valence-electron chi connectivity index (χ1n) is 8.09. The van der Waals surface area contributed by atoms with Gasteiger partial charge in [0, 0.05) is 6.42 Å². The average Bonchev–Trinajstić information content (AvgIpc) is 2.97. The van der Waals surface area contributed by atoms with Crippen LogP contribution in [0.1, 0.15) is 70.6 Å². The minimum Gasteiger partial charge on any atom is -0.481 e. The predicted molar refractivity (Wildman–Crippen MR) is 75.4 cm³/mol. The molecule has 1 N–H and O–H groups in total. The molecule has 1 aliphatic heterocycles. The fraction of sp³-hybridized carbons (Fsp3) is 0.812. The summed E-state index contributed by atoms with van der Waals surface area (Å²) < 4.78 is 0. The van der Waals surface area contributed by atoms with Crippen molar-refractivity contribution in [3.05, 3.63) is 0 Å². The summed E-state index contributed by atoms with van der Waals surface area (Å²) in [7, 11) is 0. The molecule has 21 heavy (non-hydrogen) atoms. The maximum absolute atomic E-state index is 12.9. The number of hydrogen-bond donors (Lipinski definition) is 1. The van der Waals surface area contributed by atoms with Crippen LogP contribution >= 0.6 is 0 Å². The molecule has 3 rings (SSSR count). The zero-order chi connectivity index (χ0) is 15.1. The number of rotatable bonds is 3. The Balaban J connectivity index is 1.93. The third-order valence-corrected chi connectivity index (χ3v) is 5.70. The molecule has 2 aliphatic carbocycles. The van der Waals surface area contributed by atoms with Crippen molar-refractivity contribution in [1.82, 2.24) is 4.90 Å². The van der Waals surface area contributed by atoms with E-state index in [0.29, 0.717) is 19.3 Å². The molecule has 2 amide bonds.